The smallest absolute Gasteiger partial charge is 0.266 e. The first kappa shape index (κ1) is 19.1. The molecule has 0 aliphatic carbocycles. The normalized spacial score (nSPS) is 16.0. The van der Waals surface area contributed by atoms with Crippen LogP contribution in [0.1, 0.15) is 35.4 Å². The van der Waals surface area contributed by atoms with Gasteiger partial charge in [0, 0.05) is 13.2 Å². The van der Waals surface area contributed by atoms with Crippen molar-refractivity contribution in [3.8, 4) is 23.5 Å². The highest BCUT2D eigenvalue weighted by Gasteiger charge is 2.20. The Bertz CT molecular complexity index is 1030. The van der Waals surface area contributed by atoms with Crippen molar-refractivity contribution in [2.75, 3.05) is 18.5 Å². The number of nitrogens with one attached hydrogen (secondary N) is 1. The second-order valence-corrected chi connectivity index (χ2v) is 7.13. The molecule has 3 heterocycles. The number of anilines is 1. The van der Waals surface area contributed by atoms with Crippen LogP contribution in [0.3, 0.4) is 0 Å². The summed E-state index contributed by atoms with van der Waals surface area (Å²) in [5.41, 5.74) is 2.59. The number of nitriles is 1. The van der Waals surface area contributed by atoms with Crippen LogP contribution in [0, 0.1) is 25.2 Å². The van der Waals surface area contributed by atoms with Crippen molar-refractivity contribution in [2.24, 2.45) is 0 Å². The number of nitrogens with zero attached hydrogens (tertiary/aromatic N) is 2. The van der Waals surface area contributed by atoms with Gasteiger partial charge >= 0.3 is 0 Å². The molecule has 0 unspecified atom stereocenters. The number of oxazole rings is 1. The third-order valence-electron chi connectivity index (χ3n) is 4.98. The van der Waals surface area contributed by atoms with Gasteiger partial charge in [0.2, 0.25) is 11.6 Å². The predicted octanol–water partition coefficient (Wildman–Crippen LogP) is 4.59. The second-order valence-electron chi connectivity index (χ2n) is 7.13. The Morgan fingerprint density at radius 3 is 2.86 bits per heavy atom. The summed E-state index contributed by atoms with van der Waals surface area (Å²) < 4.78 is 22.9. The molecule has 0 bridgehead atoms. The maximum atomic E-state index is 9.33. The number of aromatic nitrogens is 1. The fraction of sp³-hybridized carbons (Fsp3) is 0.364. The highest BCUT2D eigenvalue weighted by atomic mass is 16.5. The van der Waals surface area contributed by atoms with Crippen molar-refractivity contribution >= 4 is 5.88 Å². The van der Waals surface area contributed by atoms with Gasteiger partial charge in [-0.1, -0.05) is 6.07 Å². The highest BCUT2D eigenvalue weighted by molar-refractivity contribution is 5.54. The molecule has 7 heteroatoms. The summed E-state index contributed by atoms with van der Waals surface area (Å²) in [5.74, 6) is 2.47. The van der Waals surface area contributed by atoms with E-state index < -0.39 is 0 Å². The Morgan fingerprint density at radius 1 is 1.21 bits per heavy atom. The summed E-state index contributed by atoms with van der Waals surface area (Å²) in [6.07, 6.45) is 2.18. The van der Waals surface area contributed by atoms with Gasteiger partial charge in [0.05, 0.1) is 6.10 Å². The van der Waals surface area contributed by atoms with Gasteiger partial charge in [-0.15, -0.1) is 0 Å². The van der Waals surface area contributed by atoms with E-state index in [-0.39, 0.29) is 17.7 Å². The largest absolute Gasteiger partial charge is 0.486 e. The molecule has 0 saturated carbocycles. The standard InChI is InChI=1S/C22H23N3O4/c1-14-5-6-16(10-15(14)2)27-13-18-7-8-20(28-18)22-25-19(11-23)21(29-22)24-12-17-4-3-9-26-17/h5-8,10,17,24H,3-4,9,12-13H2,1-2H3/t17-/m0/s1. The Morgan fingerprint density at radius 2 is 2.10 bits per heavy atom. The van der Waals surface area contributed by atoms with Gasteiger partial charge in [0.15, 0.2) is 5.76 Å². The minimum atomic E-state index is 0.132. The SMILES string of the molecule is Cc1ccc(OCc2ccc(-c3nc(C#N)c(NC[C@@H]4CCCO4)o3)o2)cc1C. The quantitative estimate of drug-likeness (QED) is 0.627. The van der Waals surface area contributed by atoms with Gasteiger partial charge in [0.1, 0.15) is 24.2 Å². The molecular weight excluding hydrogens is 370 g/mol. The van der Waals surface area contributed by atoms with E-state index in [4.69, 9.17) is 18.3 Å². The molecule has 1 aromatic carbocycles. The summed E-state index contributed by atoms with van der Waals surface area (Å²) in [7, 11) is 0. The van der Waals surface area contributed by atoms with Crippen LogP contribution in [0.4, 0.5) is 5.88 Å². The van der Waals surface area contributed by atoms with Crippen LogP contribution < -0.4 is 10.1 Å². The van der Waals surface area contributed by atoms with Crippen LogP contribution in [-0.4, -0.2) is 24.2 Å². The molecule has 1 N–H and O–H groups in total. The third-order valence-corrected chi connectivity index (χ3v) is 4.98. The first-order chi connectivity index (χ1) is 14.1. The fourth-order valence-electron chi connectivity index (χ4n) is 3.16. The molecule has 2 aromatic heterocycles. The van der Waals surface area contributed by atoms with Crippen LogP contribution in [0.15, 0.2) is 39.2 Å². The number of benzene rings is 1. The molecule has 29 heavy (non-hydrogen) atoms. The average molecular weight is 393 g/mol. The lowest BCUT2D eigenvalue weighted by molar-refractivity contribution is 0.120. The molecule has 150 valence electrons. The Kier molecular flexibility index (Phi) is 5.54. The van der Waals surface area contributed by atoms with Crippen LogP contribution in [0.25, 0.3) is 11.7 Å². The molecule has 7 nitrogen and oxygen atoms in total. The zero-order valence-corrected chi connectivity index (χ0v) is 16.5. The maximum absolute atomic E-state index is 9.33. The third kappa shape index (κ3) is 4.44. The molecule has 0 spiro atoms. The summed E-state index contributed by atoms with van der Waals surface area (Å²) in [6.45, 7) is 5.76. The molecule has 1 aliphatic heterocycles. The zero-order valence-electron chi connectivity index (χ0n) is 16.5. The van der Waals surface area contributed by atoms with E-state index in [1.807, 2.05) is 37.3 Å². The van der Waals surface area contributed by atoms with Crippen LogP contribution in [-0.2, 0) is 11.3 Å². The highest BCUT2D eigenvalue weighted by Crippen LogP contribution is 2.28. The minimum Gasteiger partial charge on any atom is -0.486 e. The maximum Gasteiger partial charge on any atom is 0.266 e. The van der Waals surface area contributed by atoms with Crippen LogP contribution >= 0.6 is 0 Å². The Hall–Kier alpha value is -3.24. The molecule has 1 saturated heterocycles. The predicted molar refractivity (Wildman–Crippen MR) is 107 cm³/mol. The lowest BCUT2D eigenvalue weighted by Crippen LogP contribution is -2.18. The molecular formula is C22H23N3O4. The molecule has 0 radical (unpaired) electrons. The molecule has 1 aliphatic rings. The van der Waals surface area contributed by atoms with E-state index in [9.17, 15) is 5.26 Å². The van der Waals surface area contributed by atoms with Crippen molar-refractivity contribution in [3.63, 3.8) is 0 Å². The molecule has 4 rings (SSSR count). The fourth-order valence-corrected chi connectivity index (χ4v) is 3.16. The molecule has 1 atom stereocenters. The first-order valence-electron chi connectivity index (χ1n) is 9.68. The lowest BCUT2D eigenvalue weighted by atomic mass is 10.1. The van der Waals surface area contributed by atoms with Crippen molar-refractivity contribution in [1.29, 1.82) is 5.26 Å². The molecule has 0 amide bonds. The monoisotopic (exact) mass is 393 g/mol. The number of rotatable bonds is 7. The minimum absolute atomic E-state index is 0.132. The Balaban J connectivity index is 1.41. The summed E-state index contributed by atoms with van der Waals surface area (Å²) in [4.78, 5) is 4.23. The van der Waals surface area contributed by atoms with Crippen molar-refractivity contribution in [2.45, 2.75) is 39.4 Å². The number of hydrogen-bond acceptors (Lipinski definition) is 7. The van der Waals surface area contributed by atoms with Gasteiger partial charge in [0.25, 0.3) is 5.89 Å². The van der Waals surface area contributed by atoms with E-state index >= 15 is 0 Å². The van der Waals surface area contributed by atoms with Crippen LogP contribution in [0.2, 0.25) is 0 Å². The van der Waals surface area contributed by atoms with Crippen LogP contribution in [0.5, 0.6) is 5.75 Å². The average Bonchev–Trinajstić information content (AvgIpc) is 3.47. The summed E-state index contributed by atoms with van der Waals surface area (Å²) >= 11 is 0. The van der Waals surface area contributed by atoms with E-state index in [0.717, 1.165) is 25.2 Å². The second kappa shape index (κ2) is 8.41. The number of ether oxygens (including phenoxy) is 2. The molecule has 1 fully saturated rings. The van der Waals surface area contributed by atoms with Gasteiger partial charge in [-0.3, -0.25) is 0 Å². The lowest BCUT2D eigenvalue weighted by Gasteiger charge is -2.09. The number of aryl methyl sites for hydroxylation is 2. The topological polar surface area (TPSA) is 93.5 Å². The van der Waals surface area contributed by atoms with E-state index in [2.05, 4.69) is 17.2 Å². The summed E-state index contributed by atoms with van der Waals surface area (Å²) in [6, 6.07) is 11.6. The van der Waals surface area contributed by atoms with E-state index in [1.165, 1.54) is 11.1 Å². The van der Waals surface area contributed by atoms with Gasteiger partial charge in [-0.2, -0.15) is 10.2 Å². The van der Waals surface area contributed by atoms with E-state index in [0.29, 0.717) is 30.6 Å². The van der Waals surface area contributed by atoms with Crippen molar-refractivity contribution in [3.05, 3.63) is 52.9 Å². The number of furan rings is 1. The van der Waals surface area contributed by atoms with Crippen molar-refractivity contribution < 1.29 is 18.3 Å². The Labute approximate surface area is 169 Å². The summed E-state index contributed by atoms with van der Waals surface area (Å²) in [5, 5.41) is 12.5. The number of hydrogen-bond donors (Lipinski definition) is 1. The van der Waals surface area contributed by atoms with Gasteiger partial charge < -0.3 is 23.6 Å². The zero-order chi connectivity index (χ0) is 20.2. The van der Waals surface area contributed by atoms with Crippen molar-refractivity contribution in [1.82, 2.24) is 4.98 Å². The first-order valence-corrected chi connectivity index (χ1v) is 9.68. The molecule has 3 aromatic rings. The van der Waals surface area contributed by atoms with Gasteiger partial charge in [-0.25, -0.2) is 0 Å². The van der Waals surface area contributed by atoms with E-state index in [1.54, 1.807) is 6.07 Å². The van der Waals surface area contributed by atoms with Gasteiger partial charge in [-0.05, 0) is 62.1 Å².